The van der Waals surface area contributed by atoms with Crippen LogP contribution in [-0.4, -0.2) is 59.4 Å². The minimum absolute atomic E-state index is 0.0804. The lowest BCUT2D eigenvalue weighted by Crippen LogP contribution is -2.43. The van der Waals surface area contributed by atoms with Gasteiger partial charge in [0.2, 0.25) is 5.91 Å². The molecule has 166 valence electrons. The largest absolute Gasteiger partial charge is 0.352 e. The highest BCUT2D eigenvalue weighted by Gasteiger charge is 2.32. The number of fused-ring (bicyclic) bond motifs is 1. The number of aryl methyl sites for hydroxylation is 1. The SMILES string of the molecule is Cc1nc([C@@H]2CCCCN2C(=O)CN(C)C)nc2c1CCCN2Cc1cccc(F)c1. The number of amides is 1. The van der Waals surface area contributed by atoms with Gasteiger partial charge >= 0.3 is 0 Å². The number of rotatable bonds is 5. The first kappa shape index (κ1) is 21.7. The molecule has 0 unspecified atom stereocenters. The van der Waals surface area contributed by atoms with Gasteiger partial charge in [-0.15, -0.1) is 0 Å². The Kier molecular flexibility index (Phi) is 6.51. The van der Waals surface area contributed by atoms with E-state index in [2.05, 4.69) is 4.90 Å². The van der Waals surface area contributed by atoms with E-state index in [1.807, 2.05) is 36.9 Å². The Morgan fingerprint density at radius 3 is 2.81 bits per heavy atom. The number of likely N-dealkylation sites (N-methyl/N-ethyl adjacent to an activating group) is 1. The van der Waals surface area contributed by atoms with Gasteiger partial charge in [0.25, 0.3) is 0 Å². The van der Waals surface area contributed by atoms with Crippen molar-refractivity contribution in [1.29, 1.82) is 0 Å². The summed E-state index contributed by atoms with van der Waals surface area (Å²) >= 11 is 0. The fourth-order valence-corrected chi connectivity index (χ4v) is 4.73. The Morgan fingerprint density at radius 2 is 2.03 bits per heavy atom. The maximum Gasteiger partial charge on any atom is 0.237 e. The van der Waals surface area contributed by atoms with Crippen molar-refractivity contribution in [3.8, 4) is 0 Å². The summed E-state index contributed by atoms with van der Waals surface area (Å²) in [4.78, 5) is 28.9. The normalized spacial score (nSPS) is 18.9. The fourth-order valence-electron chi connectivity index (χ4n) is 4.73. The third kappa shape index (κ3) is 4.87. The first-order chi connectivity index (χ1) is 14.9. The Labute approximate surface area is 184 Å². The van der Waals surface area contributed by atoms with Crippen LogP contribution in [-0.2, 0) is 17.8 Å². The number of carbonyl (C=O) groups excluding carboxylic acids is 1. The fraction of sp³-hybridized carbons (Fsp3) is 0.542. The standard InChI is InChI=1S/C24H32FN5O/c1-17-20-10-7-12-29(15-18-8-6-9-19(25)14-18)24(20)27-23(26-17)21-11-4-5-13-30(21)22(31)16-28(2)3/h6,8-9,14,21H,4-5,7,10-13,15-16H2,1-3H3/t21-/m0/s1. The zero-order chi connectivity index (χ0) is 22.0. The third-order valence-electron chi connectivity index (χ3n) is 6.20. The average molecular weight is 426 g/mol. The molecule has 6 nitrogen and oxygen atoms in total. The predicted octanol–water partition coefficient (Wildman–Crippen LogP) is 3.49. The molecule has 1 fully saturated rings. The highest BCUT2D eigenvalue weighted by Crippen LogP contribution is 2.34. The summed E-state index contributed by atoms with van der Waals surface area (Å²) < 4.78 is 13.7. The molecule has 0 saturated carbocycles. The minimum atomic E-state index is -0.216. The quantitative estimate of drug-likeness (QED) is 0.734. The Hall–Kier alpha value is -2.54. The molecule has 3 heterocycles. The van der Waals surface area contributed by atoms with Crippen LogP contribution in [0.4, 0.5) is 10.2 Å². The van der Waals surface area contributed by atoms with Crippen molar-refractivity contribution >= 4 is 11.7 Å². The molecule has 1 amide bonds. The van der Waals surface area contributed by atoms with E-state index < -0.39 is 0 Å². The zero-order valence-electron chi connectivity index (χ0n) is 18.8. The summed E-state index contributed by atoms with van der Waals surface area (Å²) in [7, 11) is 3.83. The molecule has 1 atom stereocenters. The van der Waals surface area contributed by atoms with Crippen molar-refractivity contribution in [2.75, 3.05) is 38.6 Å². The zero-order valence-corrected chi connectivity index (χ0v) is 18.8. The highest BCUT2D eigenvalue weighted by molar-refractivity contribution is 5.78. The number of hydrogen-bond donors (Lipinski definition) is 0. The summed E-state index contributed by atoms with van der Waals surface area (Å²) in [5.74, 6) is 1.61. The van der Waals surface area contributed by atoms with E-state index in [-0.39, 0.29) is 17.8 Å². The van der Waals surface area contributed by atoms with Crippen LogP contribution in [0.15, 0.2) is 24.3 Å². The van der Waals surface area contributed by atoms with Crippen molar-refractivity contribution in [2.45, 2.75) is 51.6 Å². The number of carbonyl (C=O) groups is 1. The van der Waals surface area contributed by atoms with Gasteiger partial charge in [0.05, 0.1) is 12.6 Å². The van der Waals surface area contributed by atoms with Gasteiger partial charge in [-0.1, -0.05) is 12.1 Å². The van der Waals surface area contributed by atoms with Crippen molar-refractivity contribution in [1.82, 2.24) is 19.8 Å². The van der Waals surface area contributed by atoms with Crippen LogP contribution in [0.1, 0.15) is 54.4 Å². The number of aromatic nitrogens is 2. The minimum Gasteiger partial charge on any atom is -0.352 e. The van der Waals surface area contributed by atoms with Crippen molar-refractivity contribution in [3.63, 3.8) is 0 Å². The molecular weight excluding hydrogens is 393 g/mol. The van der Waals surface area contributed by atoms with Crippen LogP contribution >= 0.6 is 0 Å². The van der Waals surface area contributed by atoms with Gasteiger partial charge in [0.1, 0.15) is 11.6 Å². The lowest BCUT2D eigenvalue weighted by Gasteiger charge is -2.37. The molecule has 1 saturated heterocycles. The van der Waals surface area contributed by atoms with Crippen LogP contribution in [0.2, 0.25) is 0 Å². The van der Waals surface area contributed by atoms with Crippen molar-refractivity contribution < 1.29 is 9.18 Å². The molecule has 0 radical (unpaired) electrons. The van der Waals surface area contributed by atoms with Crippen LogP contribution in [0, 0.1) is 12.7 Å². The van der Waals surface area contributed by atoms with Crippen molar-refractivity contribution in [3.05, 3.63) is 52.7 Å². The first-order valence-electron chi connectivity index (χ1n) is 11.2. The summed E-state index contributed by atoms with van der Waals surface area (Å²) in [6, 6.07) is 6.69. The molecule has 0 bridgehead atoms. The van der Waals surface area contributed by atoms with E-state index in [1.165, 1.54) is 11.6 Å². The monoisotopic (exact) mass is 425 g/mol. The average Bonchev–Trinajstić information content (AvgIpc) is 2.74. The number of piperidine rings is 1. The number of anilines is 1. The molecule has 1 aromatic carbocycles. The lowest BCUT2D eigenvalue weighted by molar-refractivity contribution is -0.135. The van der Waals surface area contributed by atoms with Gasteiger partial charge in [-0.3, -0.25) is 4.79 Å². The maximum absolute atomic E-state index is 13.7. The van der Waals surface area contributed by atoms with Gasteiger partial charge < -0.3 is 14.7 Å². The second kappa shape index (κ2) is 9.30. The maximum atomic E-state index is 13.7. The van der Waals surface area contributed by atoms with Gasteiger partial charge in [-0.2, -0.15) is 0 Å². The van der Waals surface area contributed by atoms with E-state index in [0.29, 0.717) is 13.1 Å². The molecule has 4 rings (SSSR count). The summed E-state index contributed by atoms with van der Waals surface area (Å²) in [6.07, 6.45) is 4.97. The molecule has 2 aliphatic heterocycles. The van der Waals surface area contributed by atoms with Crippen molar-refractivity contribution in [2.24, 2.45) is 0 Å². The molecule has 7 heteroatoms. The molecule has 0 spiro atoms. The van der Waals surface area contributed by atoms with E-state index in [9.17, 15) is 9.18 Å². The van der Waals surface area contributed by atoms with Crippen LogP contribution in [0.5, 0.6) is 0 Å². The number of benzene rings is 1. The number of nitrogens with zero attached hydrogens (tertiary/aromatic N) is 5. The van der Waals surface area contributed by atoms with Gasteiger partial charge in [0, 0.05) is 30.9 Å². The molecule has 2 aliphatic rings. The number of likely N-dealkylation sites (tertiary alicyclic amines) is 1. The molecule has 31 heavy (non-hydrogen) atoms. The number of hydrogen-bond acceptors (Lipinski definition) is 5. The van der Waals surface area contributed by atoms with Crippen LogP contribution < -0.4 is 4.90 Å². The molecular formula is C24H32FN5O. The second-order valence-corrected chi connectivity index (χ2v) is 8.96. The number of halogens is 1. The first-order valence-corrected chi connectivity index (χ1v) is 11.2. The Bertz CT molecular complexity index is 948. The lowest BCUT2D eigenvalue weighted by atomic mass is 9.99. The van der Waals surface area contributed by atoms with Gasteiger partial charge in [-0.25, -0.2) is 14.4 Å². The Morgan fingerprint density at radius 1 is 1.19 bits per heavy atom. The molecule has 2 aromatic rings. The molecule has 0 N–H and O–H groups in total. The van der Waals surface area contributed by atoms with Gasteiger partial charge in [-0.05, 0) is 70.8 Å². The topological polar surface area (TPSA) is 52.6 Å². The van der Waals surface area contributed by atoms with E-state index in [4.69, 9.17) is 9.97 Å². The smallest absolute Gasteiger partial charge is 0.237 e. The predicted molar refractivity (Wildman–Crippen MR) is 119 cm³/mol. The summed E-state index contributed by atoms with van der Waals surface area (Å²) in [5.41, 5.74) is 3.11. The summed E-state index contributed by atoms with van der Waals surface area (Å²) in [5, 5.41) is 0. The van der Waals surface area contributed by atoms with E-state index in [0.717, 1.165) is 68.1 Å². The third-order valence-corrected chi connectivity index (χ3v) is 6.20. The molecule has 0 aliphatic carbocycles. The summed E-state index contributed by atoms with van der Waals surface area (Å²) in [6.45, 7) is 4.70. The van der Waals surface area contributed by atoms with Gasteiger partial charge in [0.15, 0.2) is 5.82 Å². The van der Waals surface area contributed by atoms with E-state index >= 15 is 0 Å². The Balaban J connectivity index is 1.65. The van der Waals surface area contributed by atoms with Crippen LogP contribution in [0.25, 0.3) is 0 Å². The van der Waals surface area contributed by atoms with E-state index in [1.54, 1.807) is 12.1 Å². The second-order valence-electron chi connectivity index (χ2n) is 8.96. The molecule has 1 aromatic heterocycles. The highest BCUT2D eigenvalue weighted by atomic mass is 19.1. The van der Waals surface area contributed by atoms with Crippen LogP contribution in [0.3, 0.4) is 0 Å².